The lowest BCUT2D eigenvalue weighted by Crippen LogP contribution is -2.39. The van der Waals surface area contributed by atoms with Crippen LogP contribution in [0.2, 0.25) is 0 Å². The summed E-state index contributed by atoms with van der Waals surface area (Å²) in [5.41, 5.74) is 0.362. The van der Waals surface area contributed by atoms with Crippen molar-refractivity contribution < 1.29 is 0 Å². The van der Waals surface area contributed by atoms with Gasteiger partial charge < -0.3 is 4.90 Å². The molecule has 0 fully saturated rings. The second kappa shape index (κ2) is 3.01. The van der Waals surface area contributed by atoms with Gasteiger partial charge in [0.25, 0.3) is 0 Å². The third-order valence-electron chi connectivity index (χ3n) is 1.54. The van der Waals surface area contributed by atoms with Crippen LogP contribution < -0.4 is 0 Å². The van der Waals surface area contributed by atoms with Gasteiger partial charge in [-0.15, -0.1) is 0 Å². The van der Waals surface area contributed by atoms with E-state index in [-0.39, 0.29) is 0 Å². The summed E-state index contributed by atoms with van der Waals surface area (Å²) in [5.74, 6) is 0. The van der Waals surface area contributed by atoms with Crippen molar-refractivity contribution in [1.29, 1.82) is 0 Å². The van der Waals surface area contributed by atoms with Crippen molar-refractivity contribution in [1.82, 2.24) is 4.90 Å². The van der Waals surface area contributed by atoms with Crippen LogP contribution in [0.5, 0.6) is 0 Å². The Morgan fingerprint density at radius 2 is 1.75 bits per heavy atom. The molecule has 1 nitrogen and oxygen atoms in total. The van der Waals surface area contributed by atoms with Gasteiger partial charge in [-0.1, -0.05) is 22.6 Å². The van der Waals surface area contributed by atoms with Crippen molar-refractivity contribution in [3.05, 3.63) is 0 Å². The molecule has 0 spiro atoms. The molecule has 2 heteroatoms. The Labute approximate surface area is 65.6 Å². The molecular formula is C6H14IN. The Morgan fingerprint density at radius 3 is 1.75 bits per heavy atom. The van der Waals surface area contributed by atoms with Crippen LogP contribution in [-0.2, 0) is 0 Å². The summed E-state index contributed by atoms with van der Waals surface area (Å²) in [6.07, 6.45) is 0. The number of nitrogens with zero attached hydrogens (tertiary/aromatic N) is 1. The topological polar surface area (TPSA) is 3.24 Å². The number of hydrogen-bond donors (Lipinski definition) is 0. The molecule has 0 bridgehead atoms. The van der Waals surface area contributed by atoms with Gasteiger partial charge >= 0.3 is 0 Å². The third kappa shape index (κ3) is 2.31. The number of hydrogen-bond acceptors (Lipinski definition) is 1. The average Bonchev–Trinajstić information content (AvgIpc) is 1.67. The second-order valence-corrected chi connectivity index (χ2v) is 3.60. The van der Waals surface area contributed by atoms with Gasteiger partial charge in [-0.05, 0) is 27.9 Å². The fourth-order valence-electron chi connectivity index (χ4n) is 0.120. The molecule has 0 aromatic heterocycles. The van der Waals surface area contributed by atoms with Gasteiger partial charge in [-0.2, -0.15) is 0 Å². The fraction of sp³-hybridized carbons (Fsp3) is 1.00. The smallest absolute Gasteiger partial charge is 0.0236 e. The van der Waals surface area contributed by atoms with E-state index in [2.05, 4.69) is 55.4 Å². The van der Waals surface area contributed by atoms with Gasteiger partial charge in [0.15, 0.2) is 0 Å². The predicted molar refractivity (Wildman–Crippen MR) is 46.7 cm³/mol. The van der Waals surface area contributed by atoms with Crippen molar-refractivity contribution in [2.45, 2.75) is 19.4 Å². The predicted octanol–water partition coefficient (Wildman–Crippen LogP) is 1.76. The molecule has 0 heterocycles. The Hall–Kier alpha value is 0.690. The lowest BCUT2D eigenvalue weighted by atomic mass is 10.1. The first-order chi connectivity index (χ1) is 3.50. The monoisotopic (exact) mass is 227 g/mol. The quantitative estimate of drug-likeness (QED) is 0.513. The van der Waals surface area contributed by atoms with Gasteiger partial charge in [0, 0.05) is 9.97 Å². The largest absolute Gasteiger partial charge is 0.304 e. The fourth-order valence-corrected chi connectivity index (χ4v) is 0.802. The Bertz CT molecular complexity index is 68.9. The molecule has 0 N–H and O–H groups in total. The zero-order chi connectivity index (χ0) is 6.78. The van der Waals surface area contributed by atoms with Gasteiger partial charge in [0.1, 0.15) is 0 Å². The maximum absolute atomic E-state index is 2.40. The molecule has 0 aromatic rings. The van der Waals surface area contributed by atoms with Crippen LogP contribution in [0.25, 0.3) is 0 Å². The van der Waals surface area contributed by atoms with Crippen LogP contribution in [0.1, 0.15) is 13.8 Å². The molecule has 0 saturated heterocycles. The minimum absolute atomic E-state index is 0.362. The molecule has 0 aliphatic heterocycles. The zero-order valence-corrected chi connectivity index (χ0v) is 8.19. The molecule has 0 aliphatic carbocycles. The first-order valence-electron chi connectivity index (χ1n) is 2.74. The number of halogens is 1. The summed E-state index contributed by atoms with van der Waals surface area (Å²) in [5, 5.41) is 0. The van der Waals surface area contributed by atoms with Crippen LogP contribution in [0.4, 0.5) is 0 Å². The zero-order valence-electron chi connectivity index (χ0n) is 6.03. The van der Waals surface area contributed by atoms with E-state index < -0.39 is 0 Å². The van der Waals surface area contributed by atoms with E-state index in [1.807, 2.05) is 0 Å². The Balaban J connectivity index is 3.71. The number of alkyl halides is 1. The summed E-state index contributed by atoms with van der Waals surface area (Å²) in [7, 11) is 4.22. The Morgan fingerprint density at radius 1 is 1.38 bits per heavy atom. The maximum atomic E-state index is 2.40. The normalized spacial score (nSPS) is 12.8. The molecule has 0 aromatic carbocycles. The van der Waals surface area contributed by atoms with Crippen LogP contribution in [0, 0.1) is 0 Å². The highest BCUT2D eigenvalue weighted by molar-refractivity contribution is 14.1. The minimum Gasteiger partial charge on any atom is -0.304 e. The van der Waals surface area contributed by atoms with Crippen molar-refractivity contribution in [2.24, 2.45) is 0 Å². The lowest BCUT2D eigenvalue weighted by molar-refractivity contribution is 0.228. The average molecular weight is 227 g/mol. The first kappa shape index (κ1) is 8.69. The summed E-state index contributed by atoms with van der Waals surface area (Å²) >= 11 is 2.40. The van der Waals surface area contributed by atoms with E-state index in [1.165, 1.54) is 4.43 Å². The van der Waals surface area contributed by atoms with Crippen LogP contribution in [-0.4, -0.2) is 29.0 Å². The van der Waals surface area contributed by atoms with E-state index in [1.54, 1.807) is 0 Å². The van der Waals surface area contributed by atoms with Gasteiger partial charge in [-0.3, -0.25) is 0 Å². The van der Waals surface area contributed by atoms with Crippen LogP contribution in [0.15, 0.2) is 0 Å². The van der Waals surface area contributed by atoms with Crippen molar-refractivity contribution >= 4 is 22.6 Å². The van der Waals surface area contributed by atoms with Crippen LogP contribution >= 0.6 is 22.6 Å². The molecule has 8 heavy (non-hydrogen) atoms. The van der Waals surface area contributed by atoms with Crippen LogP contribution in [0.3, 0.4) is 0 Å². The molecule has 50 valence electrons. The summed E-state index contributed by atoms with van der Waals surface area (Å²) in [6.45, 7) is 4.47. The SMILES string of the molecule is CN(C)C(C)(C)CI. The summed E-state index contributed by atoms with van der Waals surface area (Å²) < 4.78 is 1.18. The van der Waals surface area contributed by atoms with Gasteiger partial charge in [-0.25, -0.2) is 0 Å². The highest BCUT2D eigenvalue weighted by Crippen LogP contribution is 2.12. The van der Waals surface area contributed by atoms with E-state index in [4.69, 9.17) is 0 Å². The van der Waals surface area contributed by atoms with Crippen molar-refractivity contribution in [2.75, 3.05) is 18.5 Å². The molecule has 0 rings (SSSR count). The van der Waals surface area contributed by atoms with E-state index >= 15 is 0 Å². The molecule has 0 amide bonds. The third-order valence-corrected chi connectivity index (χ3v) is 3.40. The van der Waals surface area contributed by atoms with E-state index in [0.29, 0.717) is 5.54 Å². The van der Waals surface area contributed by atoms with E-state index in [0.717, 1.165) is 0 Å². The molecule has 0 radical (unpaired) electrons. The summed E-state index contributed by atoms with van der Waals surface area (Å²) in [4.78, 5) is 2.24. The Kier molecular flexibility index (Phi) is 3.27. The highest BCUT2D eigenvalue weighted by atomic mass is 127. The minimum atomic E-state index is 0.362. The maximum Gasteiger partial charge on any atom is 0.0236 e. The standard InChI is InChI=1S/C6H14IN/c1-6(2,5-7)8(3)4/h5H2,1-4H3. The van der Waals surface area contributed by atoms with Gasteiger partial charge in [0.05, 0.1) is 0 Å². The van der Waals surface area contributed by atoms with Crippen molar-refractivity contribution in [3.8, 4) is 0 Å². The summed E-state index contributed by atoms with van der Waals surface area (Å²) in [6, 6.07) is 0. The molecule has 0 saturated carbocycles. The second-order valence-electron chi connectivity index (χ2n) is 2.84. The van der Waals surface area contributed by atoms with Crippen molar-refractivity contribution in [3.63, 3.8) is 0 Å². The lowest BCUT2D eigenvalue weighted by Gasteiger charge is -2.30. The van der Waals surface area contributed by atoms with E-state index in [9.17, 15) is 0 Å². The molecule has 0 atom stereocenters. The molecule has 0 unspecified atom stereocenters. The first-order valence-corrected chi connectivity index (χ1v) is 4.26. The number of rotatable bonds is 2. The highest BCUT2D eigenvalue weighted by Gasteiger charge is 2.17. The molecule has 0 aliphatic rings. The molecular weight excluding hydrogens is 213 g/mol. The van der Waals surface area contributed by atoms with Gasteiger partial charge in [0.2, 0.25) is 0 Å².